The third-order valence-corrected chi connectivity index (χ3v) is 4.31. The first-order valence-electron chi connectivity index (χ1n) is 6.44. The minimum Gasteiger partial charge on any atom is -0.473 e. The highest BCUT2D eigenvalue weighted by molar-refractivity contribution is 7.96. The summed E-state index contributed by atoms with van der Waals surface area (Å²) in [5.41, 5.74) is 0.894. The van der Waals surface area contributed by atoms with Crippen LogP contribution in [0.2, 0.25) is 0 Å². The fourth-order valence-electron chi connectivity index (χ4n) is 2.61. The lowest BCUT2D eigenvalue weighted by atomic mass is 9.81. The molecule has 0 spiro atoms. The van der Waals surface area contributed by atoms with E-state index >= 15 is 0 Å². The van der Waals surface area contributed by atoms with Crippen LogP contribution in [0.4, 0.5) is 0 Å². The van der Waals surface area contributed by atoms with Crippen LogP contribution in [-0.2, 0) is 14.3 Å². The first-order chi connectivity index (χ1) is 9.98. The van der Waals surface area contributed by atoms with Crippen LogP contribution in [0.3, 0.4) is 0 Å². The minimum absolute atomic E-state index is 0.450. The predicted molar refractivity (Wildman–Crippen MR) is 76.6 cm³/mol. The van der Waals surface area contributed by atoms with Gasteiger partial charge in [0, 0.05) is 32.0 Å². The maximum atomic E-state index is 9.10. The van der Waals surface area contributed by atoms with E-state index in [0.717, 1.165) is 0 Å². The molecule has 116 valence electrons. The molecule has 4 aliphatic rings. The van der Waals surface area contributed by atoms with Crippen LogP contribution in [-0.4, -0.2) is 59.2 Å². The van der Waals surface area contributed by atoms with Gasteiger partial charge in [0.15, 0.2) is 5.72 Å². The second kappa shape index (κ2) is 6.46. The molecule has 0 aliphatic carbocycles. The number of methoxy groups -OCH3 is 1. The summed E-state index contributed by atoms with van der Waals surface area (Å²) >= 11 is 1.36. The Morgan fingerprint density at radius 3 is 2.38 bits per heavy atom. The van der Waals surface area contributed by atoms with E-state index in [0.29, 0.717) is 5.92 Å². The third-order valence-electron chi connectivity index (χ3n) is 3.71. The summed E-state index contributed by atoms with van der Waals surface area (Å²) in [6.45, 7) is 2.39. The molecule has 0 radical (unpaired) electrons. The van der Waals surface area contributed by atoms with E-state index in [9.17, 15) is 0 Å². The molecule has 1 fully saturated rings. The van der Waals surface area contributed by atoms with Crippen LogP contribution in [0, 0.1) is 5.92 Å². The zero-order valence-corrected chi connectivity index (χ0v) is 12.3. The van der Waals surface area contributed by atoms with Crippen molar-refractivity contribution in [2.45, 2.75) is 18.6 Å². The van der Waals surface area contributed by atoms with Crippen molar-refractivity contribution in [3.8, 4) is 0 Å². The van der Waals surface area contributed by atoms with Crippen LogP contribution in [0.15, 0.2) is 16.2 Å². The average molecular weight is 315 g/mol. The number of carboxylic acid groups (broad SMARTS) is 2. The first kappa shape index (κ1) is 15.8. The van der Waals surface area contributed by atoms with Gasteiger partial charge in [-0.25, -0.2) is 18.7 Å². The monoisotopic (exact) mass is 315 g/mol. The van der Waals surface area contributed by atoms with E-state index < -0.39 is 17.7 Å². The summed E-state index contributed by atoms with van der Waals surface area (Å²) in [6, 6.07) is 0. The van der Waals surface area contributed by atoms with Crippen LogP contribution >= 0.6 is 12.1 Å². The number of hydrogen-bond donors (Lipinski definition) is 3. The van der Waals surface area contributed by atoms with E-state index in [4.69, 9.17) is 24.5 Å². The molecule has 1 saturated heterocycles. The van der Waals surface area contributed by atoms with E-state index in [1.165, 1.54) is 43.6 Å². The summed E-state index contributed by atoms with van der Waals surface area (Å²) in [7, 11) is 1.74. The van der Waals surface area contributed by atoms with Gasteiger partial charge in [0.05, 0.1) is 18.3 Å². The van der Waals surface area contributed by atoms with Crippen molar-refractivity contribution in [3.05, 3.63) is 11.8 Å². The fraction of sp³-hybridized carbons (Fsp3) is 0.583. The normalized spacial score (nSPS) is 27.1. The molecule has 1 unspecified atom stereocenters. The number of fused-ring (bicyclic) bond motifs is 2. The zero-order chi connectivity index (χ0) is 15.5. The van der Waals surface area contributed by atoms with E-state index in [1.54, 1.807) is 7.11 Å². The standard InChI is InChI=1S/C10H15N3OS.C2H2O4/c1-14-10(7-11-15-12-10)9-6-13-4-2-8(9)3-5-13;3-1(4)2(5)6/h6-8,12H,2-5H2,1H3;(H,3,4)(H,5,6). The van der Waals surface area contributed by atoms with Crippen LogP contribution < -0.4 is 4.72 Å². The van der Waals surface area contributed by atoms with Gasteiger partial charge in [-0.3, -0.25) is 0 Å². The molecular weight excluding hydrogens is 298 g/mol. The number of carboxylic acids is 2. The number of rotatable bonds is 2. The molecule has 4 rings (SSSR count). The molecule has 8 nitrogen and oxygen atoms in total. The third kappa shape index (κ3) is 3.36. The predicted octanol–water partition coefficient (Wildman–Crippen LogP) is 0.331. The highest BCUT2D eigenvalue weighted by Crippen LogP contribution is 2.39. The van der Waals surface area contributed by atoms with Crippen molar-refractivity contribution in [1.82, 2.24) is 9.62 Å². The van der Waals surface area contributed by atoms with Gasteiger partial charge in [-0.2, -0.15) is 0 Å². The molecule has 3 N–H and O–H groups in total. The summed E-state index contributed by atoms with van der Waals surface area (Å²) in [5, 5.41) is 14.8. The van der Waals surface area contributed by atoms with E-state index in [2.05, 4.69) is 20.2 Å². The quantitative estimate of drug-likeness (QED) is 0.494. The highest BCUT2D eigenvalue weighted by atomic mass is 32.2. The molecule has 0 aromatic carbocycles. The second-order valence-corrected chi connectivity index (χ2v) is 5.47. The molecule has 1 atom stereocenters. The summed E-state index contributed by atoms with van der Waals surface area (Å²) < 4.78 is 13.0. The molecule has 4 heterocycles. The largest absolute Gasteiger partial charge is 0.473 e. The van der Waals surface area contributed by atoms with Crippen molar-refractivity contribution < 1.29 is 24.5 Å². The van der Waals surface area contributed by atoms with Gasteiger partial charge in [-0.15, -0.1) is 0 Å². The summed E-state index contributed by atoms with van der Waals surface area (Å²) in [5.74, 6) is -2.99. The molecule has 0 aromatic rings. The van der Waals surface area contributed by atoms with Crippen molar-refractivity contribution in [1.29, 1.82) is 0 Å². The van der Waals surface area contributed by atoms with E-state index in [-0.39, 0.29) is 0 Å². The van der Waals surface area contributed by atoms with Gasteiger partial charge >= 0.3 is 11.9 Å². The summed E-state index contributed by atoms with van der Waals surface area (Å²) in [6.07, 6.45) is 6.63. The van der Waals surface area contributed by atoms with Crippen LogP contribution in [0.5, 0.6) is 0 Å². The van der Waals surface area contributed by atoms with Gasteiger partial charge < -0.3 is 19.8 Å². The number of ether oxygens (including phenoxy) is 1. The topological polar surface area (TPSA) is 111 Å². The van der Waals surface area contributed by atoms with Gasteiger partial charge in [0.25, 0.3) is 0 Å². The van der Waals surface area contributed by atoms with Gasteiger partial charge in [-0.05, 0) is 18.8 Å². The number of carbonyl (C=O) groups is 2. The summed E-state index contributed by atoms with van der Waals surface area (Å²) in [4.78, 5) is 20.6. The Morgan fingerprint density at radius 1 is 1.43 bits per heavy atom. The number of hydrogen-bond acceptors (Lipinski definition) is 7. The Labute approximate surface area is 126 Å². The molecule has 4 aliphatic heterocycles. The SMILES string of the molecule is COC1(C2=CN3CCC2CC3)C=NSN1.O=C(O)C(=O)O. The van der Waals surface area contributed by atoms with Crippen molar-refractivity contribution in [3.63, 3.8) is 0 Å². The van der Waals surface area contributed by atoms with E-state index in [1.807, 2.05) is 6.21 Å². The number of piperidine rings is 1. The number of aliphatic carboxylic acids is 2. The molecule has 0 saturated carbocycles. The average Bonchev–Trinajstić information content (AvgIpc) is 2.99. The second-order valence-electron chi connectivity index (χ2n) is 4.87. The molecular formula is C12H17N3O5S. The molecule has 21 heavy (non-hydrogen) atoms. The number of nitrogens with one attached hydrogen (secondary N) is 1. The van der Waals surface area contributed by atoms with Gasteiger partial charge in [-0.1, -0.05) is 0 Å². The molecule has 2 bridgehead atoms. The maximum absolute atomic E-state index is 9.10. The van der Waals surface area contributed by atoms with Gasteiger partial charge in [0.1, 0.15) is 0 Å². The first-order valence-corrected chi connectivity index (χ1v) is 7.21. The minimum atomic E-state index is -1.82. The zero-order valence-electron chi connectivity index (χ0n) is 11.5. The van der Waals surface area contributed by atoms with Crippen molar-refractivity contribution in [2.75, 3.05) is 20.2 Å². The highest BCUT2D eigenvalue weighted by Gasteiger charge is 2.43. The lowest BCUT2D eigenvalue weighted by Crippen LogP contribution is -2.51. The Bertz CT molecular complexity index is 475. The lowest BCUT2D eigenvalue weighted by Gasteiger charge is -2.43. The molecule has 0 aromatic heterocycles. The van der Waals surface area contributed by atoms with Crippen LogP contribution in [0.25, 0.3) is 0 Å². The van der Waals surface area contributed by atoms with Gasteiger partial charge in [0.2, 0.25) is 0 Å². The Balaban J connectivity index is 0.000000232. The number of nitrogens with zero attached hydrogens (tertiary/aromatic N) is 2. The molecule has 9 heteroatoms. The Hall–Kier alpha value is -1.58. The smallest absolute Gasteiger partial charge is 0.414 e. The lowest BCUT2D eigenvalue weighted by molar-refractivity contribution is -0.159. The fourth-order valence-corrected chi connectivity index (χ4v) is 3.25. The van der Waals surface area contributed by atoms with Crippen LogP contribution in [0.1, 0.15) is 12.8 Å². The van der Waals surface area contributed by atoms with Crippen molar-refractivity contribution >= 4 is 30.3 Å². The molecule has 0 amide bonds. The maximum Gasteiger partial charge on any atom is 0.414 e. The Kier molecular flexibility index (Phi) is 4.86. The van der Waals surface area contributed by atoms with Crippen molar-refractivity contribution in [2.24, 2.45) is 10.3 Å². The Morgan fingerprint density at radius 2 is 2.05 bits per heavy atom.